The van der Waals surface area contributed by atoms with Gasteiger partial charge in [0.05, 0.1) is 45.3 Å². The Bertz CT molecular complexity index is 1510. The number of rotatable bonds is 30. The Hall–Kier alpha value is -2.57. The van der Waals surface area contributed by atoms with E-state index in [0.29, 0.717) is 30.8 Å². The summed E-state index contributed by atoms with van der Waals surface area (Å²) in [5.74, 6) is 1.14. The maximum Gasteiger partial charge on any atom is 0.472 e. The van der Waals surface area contributed by atoms with Crippen molar-refractivity contribution in [1.82, 2.24) is 14.6 Å². The highest BCUT2D eigenvalue weighted by atomic mass is 31.2. The number of benzene rings is 1. The minimum Gasteiger partial charge on any atom is -0.497 e. The van der Waals surface area contributed by atoms with Crippen LogP contribution in [-0.2, 0) is 40.0 Å². The fourth-order valence-electron chi connectivity index (χ4n) is 7.02. The third-order valence-corrected chi connectivity index (χ3v) is 11.3. The number of nitrogens with zero attached hydrogens (tertiary/aromatic N) is 3. The molecule has 12 nitrogen and oxygen atoms in total. The number of phosphoric ester groups is 1. The highest BCUT2D eigenvalue weighted by Crippen LogP contribution is 2.46. The van der Waals surface area contributed by atoms with E-state index < -0.39 is 25.6 Å². The summed E-state index contributed by atoms with van der Waals surface area (Å²) in [4.78, 5) is 14.6. The van der Waals surface area contributed by atoms with Crippen LogP contribution in [-0.4, -0.2) is 65.2 Å². The number of phosphoric acid groups is 1. The van der Waals surface area contributed by atoms with Crippen LogP contribution in [0.3, 0.4) is 0 Å². The molecule has 4 atom stereocenters. The number of hydrogen-bond donors (Lipinski definition) is 2. The van der Waals surface area contributed by atoms with Crippen LogP contribution in [0.4, 0.5) is 5.82 Å². The number of nitrogen functional groups attached to an aromatic ring is 1. The average molecular weight is 775 g/mol. The van der Waals surface area contributed by atoms with E-state index in [1.165, 1.54) is 96.2 Å². The van der Waals surface area contributed by atoms with E-state index in [4.69, 9.17) is 33.7 Å². The van der Waals surface area contributed by atoms with E-state index in [0.717, 1.165) is 29.8 Å². The van der Waals surface area contributed by atoms with Crippen LogP contribution in [0, 0.1) is 0 Å². The Balaban J connectivity index is 1.12. The van der Waals surface area contributed by atoms with E-state index >= 15 is 0 Å². The number of nitrogens with two attached hydrogens (primary N) is 1. The molecule has 1 fully saturated rings. The molecule has 1 aliphatic rings. The monoisotopic (exact) mass is 774 g/mol. The van der Waals surface area contributed by atoms with Crippen molar-refractivity contribution in [1.29, 1.82) is 0 Å². The molecule has 1 saturated heterocycles. The Morgan fingerprint density at radius 2 is 1.54 bits per heavy atom. The Kier molecular flexibility index (Phi) is 19.7. The summed E-state index contributed by atoms with van der Waals surface area (Å²) >= 11 is 0. The number of aromatic nitrogens is 3. The number of anilines is 1. The van der Waals surface area contributed by atoms with Crippen LogP contribution in [0.25, 0.3) is 5.52 Å². The predicted octanol–water partition coefficient (Wildman–Crippen LogP) is 9.71. The van der Waals surface area contributed by atoms with Gasteiger partial charge < -0.3 is 29.6 Å². The maximum absolute atomic E-state index is 13.0. The lowest BCUT2D eigenvalue weighted by atomic mass is 9.98. The smallest absolute Gasteiger partial charge is 0.472 e. The molecule has 13 heteroatoms. The lowest BCUT2D eigenvalue weighted by molar-refractivity contribution is -0.0635. The molecule has 1 unspecified atom stereocenters. The zero-order valence-electron chi connectivity index (χ0n) is 33.1. The van der Waals surface area contributed by atoms with E-state index in [1.54, 1.807) is 11.6 Å². The standard InChI is InChI=1S/C41H67N4O8P/c1-4-5-6-7-8-9-10-11-12-13-14-15-16-17-18-19-28-49-30-37(50-29-34-20-22-35(48-3)23-21-34)32-52-54(46,47)51-31-36-26-27-41(2,53-36)39-25-24-38-40(42)43-33-44-45(38)39/h20-25,33,36-37H,4-19,26-32H2,1-3H3,(H,46,47)(H2,42,43,44)/t36-,37+,41+/m0/s1. The summed E-state index contributed by atoms with van der Waals surface area (Å²) in [5.41, 5.74) is 7.80. The highest BCUT2D eigenvalue weighted by molar-refractivity contribution is 7.47. The summed E-state index contributed by atoms with van der Waals surface area (Å²) in [7, 11) is -2.78. The van der Waals surface area contributed by atoms with Gasteiger partial charge in [0.1, 0.15) is 29.3 Å². The van der Waals surface area contributed by atoms with Gasteiger partial charge in [-0.2, -0.15) is 5.10 Å². The first-order valence-corrected chi connectivity index (χ1v) is 21.9. The van der Waals surface area contributed by atoms with Gasteiger partial charge in [-0.15, -0.1) is 0 Å². The Morgan fingerprint density at radius 1 is 0.907 bits per heavy atom. The van der Waals surface area contributed by atoms with Gasteiger partial charge in [-0.25, -0.2) is 14.1 Å². The molecule has 0 radical (unpaired) electrons. The molecule has 2 aromatic heterocycles. The van der Waals surface area contributed by atoms with E-state index in [9.17, 15) is 9.46 Å². The molecule has 3 aromatic rings. The van der Waals surface area contributed by atoms with Gasteiger partial charge in [-0.05, 0) is 56.0 Å². The van der Waals surface area contributed by atoms with Crippen molar-refractivity contribution < 1.29 is 37.5 Å². The number of methoxy groups -OCH3 is 1. The van der Waals surface area contributed by atoms with E-state index in [2.05, 4.69) is 17.0 Å². The van der Waals surface area contributed by atoms with Crippen molar-refractivity contribution in [3.63, 3.8) is 0 Å². The molecule has 304 valence electrons. The van der Waals surface area contributed by atoms with Gasteiger partial charge in [0.2, 0.25) is 0 Å². The molecule has 0 spiro atoms. The van der Waals surface area contributed by atoms with Gasteiger partial charge in [-0.3, -0.25) is 9.05 Å². The quantitative estimate of drug-likeness (QED) is 0.0492. The highest BCUT2D eigenvalue weighted by Gasteiger charge is 2.41. The van der Waals surface area contributed by atoms with Crippen molar-refractivity contribution in [2.75, 3.05) is 39.3 Å². The van der Waals surface area contributed by atoms with Gasteiger partial charge in [0.15, 0.2) is 5.82 Å². The first-order chi connectivity index (χ1) is 26.2. The van der Waals surface area contributed by atoms with Gasteiger partial charge in [0.25, 0.3) is 0 Å². The van der Waals surface area contributed by atoms with E-state index in [1.807, 2.05) is 43.3 Å². The fourth-order valence-corrected chi connectivity index (χ4v) is 7.80. The molecule has 0 amide bonds. The number of fused-ring (bicyclic) bond motifs is 1. The minimum atomic E-state index is -4.41. The summed E-state index contributed by atoms with van der Waals surface area (Å²) < 4.78 is 49.2. The lowest BCUT2D eigenvalue weighted by Gasteiger charge is -2.25. The van der Waals surface area contributed by atoms with Gasteiger partial charge in [-0.1, -0.05) is 115 Å². The first-order valence-electron chi connectivity index (χ1n) is 20.4. The molecule has 54 heavy (non-hydrogen) atoms. The fraction of sp³-hybridized carbons (Fsp3) is 0.707. The largest absolute Gasteiger partial charge is 0.497 e. The Labute approximate surface area is 323 Å². The molecule has 1 aliphatic heterocycles. The lowest BCUT2D eigenvalue weighted by Crippen LogP contribution is -2.27. The third kappa shape index (κ3) is 15.5. The molecule has 4 rings (SSSR count). The van der Waals surface area contributed by atoms with Crippen LogP contribution < -0.4 is 10.5 Å². The van der Waals surface area contributed by atoms with Crippen LogP contribution in [0.5, 0.6) is 5.75 Å². The summed E-state index contributed by atoms with van der Waals surface area (Å²) in [6.45, 7) is 5.10. The zero-order valence-corrected chi connectivity index (χ0v) is 34.0. The predicted molar refractivity (Wildman–Crippen MR) is 213 cm³/mol. The van der Waals surface area contributed by atoms with Crippen molar-refractivity contribution in [2.24, 2.45) is 0 Å². The molecule has 3 N–H and O–H groups in total. The van der Waals surface area contributed by atoms with E-state index in [-0.39, 0.29) is 26.4 Å². The normalized spacial score (nSPS) is 19.0. The Morgan fingerprint density at radius 3 is 2.17 bits per heavy atom. The first kappa shape index (κ1) is 44.1. The molecular formula is C41H67N4O8P. The maximum atomic E-state index is 13.0. The van der Waals surface area contributed by atoms with Crippen LogP contribution in [0.15, 0.2) is 42.7 Å². The SMILES string of the molecule is CCCCCCCCCCCCCCCCCCOC[C@H](COP(=O)(O)OC[C@@H]1CC[C@](C)(c2ccc3c(N)ncnn23)O1)OCc1ccc(OC)cc1. The second-order valence-corrected chi connectivity index (χ2v) is 16.3. The number of hydrogen-bond acceptors (Lipinski definition) is 10. The minimum absolute atomic E-state index is 0.100. The molecule has 0 saturated carbocycles. The second-order valence-electron chi connectivity index (χ2n) is 14.9. The van der Waals surface area contributed by atoms with Gasteiger partial charge in [0, 0.05) is 6.61 Å². The van der Waals surface area contributed by atoms with Crippen LogP contribution in [0.1, 0.15) is 141 Å². The van der Waals surface area contributed by atoms with Crippen LogP contribution in [0.2, 0.25) is 0 Å². The van der Waals surface area contributed by atoms with Crippen molar-refractivity contribution in [2.45, 2.75) is 154 Å². The number of unbranched alkanes of at least 4 members (excludes halogenated alkanes) is 15. The van der Waals surface area contributed by atoms with Crippen LogP contribution >= 0.6 is 7.82 Å². The van der Waals surface area contributed by atoms with Gasteiger partial charge >= 0.3 is 7.82 Å². The van der Waals surface area contributed by atoms with Crippen molar-refractivity contribution in [3.8, 4) is 5.75 Å². The molecule has 1 aromatic carbocycles. The summed E-state index contributed by atoms with van der Waals surface area (Å²) in [6, 6.07) is 11.3. The zero-order chi connectivity index (χ0) is 38.5. The molecular weight excluding hydrogens is 707 g/mol. The summed E-state index contributed by atoms with van der Waals surface area (Å²) in [5, 5.41) is 4.33. The molecule has 0 bridgehead atoms. The topological polar surface area (TPSA) is 149 Å². The molecule has 0 aliphatic carbocycles. The third-order valence-electron chi connectivity index (χ3n) is 10.3. The average Bonchev–Trinajstić information content (AvgIpc) is 3.80. The second kappa shape index (κ2) is 24.1. The molecule has 3 heterocycles. The number of ether oxygens (including phenoxy) is 4. The van der Waals surface area contributed by atoms with Crippen molar-refractivity contribution in [3.05, 3.63) is 54.0 Å². The van der Waals surface area contributed by atoms with Crippen molar-refractivity contribution >= 4 is 19.2 Å². The summed E-state index contributed by atoms with van der Waals surface area (Å²) in [6.07, 6.45) is 22.8.